The van der Waals surface area contributed by atoms with Gasteiger partial charge in [-0.05, 0) is 19.2 Å². The molecule has 0 saturated heterocycles. The van der Waals surface area contributed by atoms with E-state index >= 15 is 0 Å². The first-order valence-corrected chi connectivity index (χ1v) is 5.13. The predicted octanol–water partition coefficient (Wildman–Crippen LogP) is -0.125. The maximum atomic E-state index is 12.0. The standard InChI is InChI=1S/C11H13N3O3/c1-12-6-14-10(15)8-4-3-7(17-2)5-9(8)13-11(14)16/h3-5,12H,6H2,1-2H3,(H,13,16). The Bertz CT molecular complexity index is 657. The number of ether oxygens (including phenoxy) is 1. The predicted molar refractivity (Wildman–Crippen MR) is 64.4 cm³/mol. The molecule has 90 valence electrons. The fourth-order valence-corrected chi connectivity index (χ4v) is 1.66. The summed E-state index contributed by atoms with van der Waals surface area (Å²) in [6.07, 6.45) is 0. The number of methoxy groups -OCH3 is 1. The molecule has 6 nitrogen and oxygen atoms in total. The molecular formula is C11H13N3O3. The third-order valence-corrected chi connectivity index (χ3v) is 2.51. The Morgan fingerprint density at radius 3 is 2.82 bits per heavy atom. The molecule has 1 aromatic heterocycles. The summed E-state index contributed by atoms with van der Waals surface area (Å²) >= 11 is 0. The molecule has 2 rings (SSSR count). The van der Waals surface area contributed by atoms with Crippen molar-refractivity contribution in [2.24, 2.45) is 0 Å². The van der Waals surface area contributed by atoms with Crippen LogP contribution in [0.4, 0.5) is 0 Å². The molecule has 0 radical (unpaired) electrons. The van der Waals surface area contributed by atoms with Crippen LogP contribution in [-0.4, -0.2) is 23.7 Å². The van der Waals surface area contributed by atoms with E-state index in [9.17, 15) is 9.59 Å². The molecule has 0 unspecified atom stereocenters. The Labute approximate surface area is 96.8 Å². The minimum absolute atomic E-state index is 0.177. The summed E-state index contributed by atoms with van der Waals surface area (Å²) < 4.78 is 6.14. The van der Waals surface area contributed by atoms with E-state index in [0.717, 1.165) is 4.57 Å². The zero-order valence-electron chi connectivity index (χ0n) is 9.61. The SMILES string of the molecule is CNCn1c(=O)[nH]c2cc(OC)ccc2c1=O. The lowest BCUT2D eigenvalue weighted by Crippen LogP contribution is -2.38. The van der Waals surface area contributed by atoms with Gasteiger partial charge in [0.2, 0.25) is 0 Å². The van der Waals surface area contributed by atoms with Gasteiger partial charge in [-0.3, -0.25) is 4.79 Å². The fraction of sp³-hybridized carbons (Fsp3) is 0.273. The molecule has 0 aliphatic rings. The molecule has 2 N–H and O–H groups in total. The maximum Gasteiger partial charge on any atom is 0.329 e. The van der Waals surface area contributed by atoms with Crippen LogP contribution in [0.15, 0.2) is 27.8 Å². The van der Waals surface area contributed by atoms with E-state index < -0.39 is 5.69 Å². The summed E-state index contributed by atoms with van der Waals surface area (Å²) in [6, 6.07) is 4.95. The monoisotopic (exact) mass is 235 g/mol. The number of H-pyrrole nitrogens is 1. The van der Waals surface area contributed by atoms with Gasteiger partial charge in [-0.15, -0.1) is 0 Å². The highest BCUT2D eigenvalue weighted by Gasteiger charge is 2.07. The van der Waals surface area contributed by atoms with Gasteiger partial charge in [-0.25, -0.2) is 9.36 Å². The van der Waals surface area contributed by atoms with E-state index in [1.54, 1.807) is 25.2 Å². The van der Waals surface area contributed by atoms with Gasteiger partial charge in [0.1, 0.15) is 5.75 Å². The van der Waals surface area contributed by atoms with E-state index in [1.165, 1.54) is 7.11 Å². The molecule has 0 atom stereocenters. The number of benzene rings is 1. The van der Waals surface area contributed by atoms with Crippen molar-refractivity contribution in [2.75, 3.05) is 14.2 Å². The number of aromatic amines is 1. The molecule has 0 aliphatic carbocycles. The molecule has 0 saturated carbocycles. The summed E-state index contributed by atoms with van der Waals surface area (Å²) in [7, 11) is 3.20. The van der Waals surface area contributed by atoms with Crippen LogP contribution in [-0.2, 0) is 6.67 Å². The molecule has 0 spiro atoms. The van der Waals surface area contributed by atoms with Gasteiger partial charge >= 0.3 is 5.69 Å². The van der Waals surface area contributed by atoms with Gasteiger partial charge in [0.05, 0.1) is 24.7 Å². The summed E-state index contributed by atoms with van der Waals surface area (Å²) in [5, 5.41) is 3.23. The second kappa shape index (κ2) is 4.42. The maximum absolute atomic E-state index is 12.0. The van der Waals surface area contributed by atoms with Crippen molar-refractivity contribution in [1.82, 2.24) is 14.9 Å². The van der Waals surface area contributed by atoms with E-state index in [0.29, 0.717) is 16.7 Å². The largest absolute Gasteiger partial charge is 0.497 e. The molecule has 6 heteroatoms. The number of rotatable bonds is 3. The van der Waals surface area contributed by atoms with E-state index in [4.69, 9.17) is 4.74 Å². The highest BCUT2D eigenvalue weighted by molar-refractivity contribution is 5.78. The molecule has 1 aromatic carbocycles. The smallest absolute Gasteiger partial charge is 0.329 e. The lowest BCUT2D eigenvalue weighted by Gasteiger charge is -2.06. The van der Waals surface area contributed by atoms with Gasteiger partial charge in [0, 0.05) is 6.07 Å². The van der Waals surface area contributed by atoms with Gasteiger partial charge < -0.3 is 15.0 Å². The molecule has 2 aromatic rings. The Kier molecular flexibility index (Phi) is 2.97. The quantitative estimate of drug-likeness (QED) is 0.777. The number of aromatic nitrogens is 2. The van der Waals surface area contributed by atoms with Gasteiger partial charge in [-0.2, -0.15) is 0 Å². The Hall–Kier alpha value is -2.08. The first kappa shape index (κ1) is 11.4. The topological polar surface area (TPSA) is 76.1 Å². The van der Waals surface area contributed by atoms with Crippen LogP contribution >= 0.6 is 0 Å². The van der Waals surface area contributed by atoms with Crippen LogP contribution in [0.1, 0.15) is 0 Å². The Morgan fingerprint density at radius 2 is 2.18 bits per heavy atom. The van der Waals surface area contributed by atoms with Crippen LogP contribution in [0.25, 0.3) is 10.9 Å². The Balaban J connectivity index is 2.77. The summed E-state index contributed by atoms with van der Waals surface area (Å²) in [6.45, 7) is 0.177. The number of nitrogens with zero attached hydrogens (tertiary/aromatic N) is 1. The number of hydrogen-bond acceptors (Lipinski definition) is 4. The fourth-order valence-electron chi connectivity index (χ4n) is 1.66. The van der Waals surface area contributed by atoms with Crippen LogP contribution in [0.5, 0.6) is 5.75 Å². The van der Waals surface area contributed by atoms with Crippen molar-refractivity contribution in [1.29, 1.82) is 0 Å². The zero-order valence-corrected chi connectivity index (χ0v) is 9.61. The van der Waals surface area contributed by atoms with Crippen LogP contribution < -0.4 is 21.3 Å². The average Bonchev–Trinajstić information content (AvgIpc) is 2.33. The number of fused-ring (bicyclic) bond motifs is 1. The van der Waals surface area contributed by atoms with Crippen molar-refractivity contribution in [2.45, 2.75) is 6.67 Å². The third kappa shape index (κ3) is 1.94. The highest BCUT2D eigenvalue weighted by Crippen LogP contribution is 2.14. The minimum Gasteiger partial charge on any atom is -0.497 e. The van der Waals surface area contributed by atoms with Crippen LogP contribution in [0.2, 0.25) is 0 Å². The highest BCUT2D eigenvalue weighted by atomic mass is 16.5. The summed E-state index contributed by atoms with van der Waals surface area (Å²) in [5.74, 6) is 0.596. The minimum atomic E-state index is -0.440. The molecule has 0 aliphatic heterocycles. The number of hydrogen-bond donors (Lipinski definition) is 2. The second-order valence-corrected chi connectivity index (χ2v) is 3.59. The Morgan fingerprint density at radius 1 is 1.41 bits per heavy atom. The van der Waals surface area contributed by atoms with Crippen molar-refractivity contribution in [3.63, 3.8) is 0 Å². The van der Waals surface area contributed by atoms with Crippen molar-refractivity contribution >= 4 is 10.9 Å². The molecule has 0 amide bonds. The average molecular weight is 235 g/mol. The molecule has 1 heterocycles. The zero-order chi connectivity index (χ0) is 12.4. The first-order valence-electron chi connectivity index (χ1n) is 5.13. The van der Waals surface area contributed by atoms with E-state index in [1.807, 2.05) is 0 Å². The van der Waals surface area contributed by atoms with E-state index in [2.05, 4.69) is 10.3 Å². The van der Waals surface area contributed by atoms with Crippen LogP contribution in [0.3, 0.4) is 0 Å². The third-order valence-electron chi connectivity index (χ3n) is 2.51. The van der Waals surface area contributed by atoms with Gasteiger partial charge in [0.25, 0.3) is 5.56 Å². The molecule has 0 bridgehead atoms. The summed E-state index contributed by atoms with van der Waals surface area (Å²) in [5.41, 5.74) is -0.280. The van der Waals surface area contributed by atoms with Crippen molar-refractivity contribution in [3.05, 3.63) is 39.0 Å². The normalized spacial score (nSPS) is 10.7. The van der Waals surface area contributed by atoms with Gasteiger partial charge in [0.15, 0.2) is 0 Å². The molecule has 17 heavy (non-hydrogen) atoms. The number of nitrogens with one attached hydrogen (secondary N) is 2. The van der Waals surface area contributed by atoms with Crippen LogP contribution in [0, 0.1) is 0 Å². The lowest BCUT2D eigenvalue weighted by atomic mass is 10.2. The van der Waals surface area contributed by atoms with Crippen molar-refractivity contribution in [3.8, 4) is 5.75 Å². The summed E-state index contributed by atoms with van der Waals surface area (Å²) in [4.78, 5) is 26.3. The first-order chi connectivity index (χ1) is 8.17. The second-order valence-electron chi connectivity index (χ2n) is 3.59. The molecular weight excluding hydrogens is 222 g/mol. The van der Waals surface area contributed by atoms with E-state index in [-0.39, 0.29) is 12.2 Å². The molecule has 0 fully saturated rings. The van der Waals surface area contributed by atoms with Gasteiger partial charge in [-0.1, -0.05) is 0 Å². The lowest BCUT2D eigenvalue weighted by molar-refractivity contribution is 0.415. The van der Waals surface area contributed by atoms with Crippen molar-refractivity contribution < 1.29 is 4.74 Å².